The van der Waals surface area contributed by atoms with E-state index in [1.54, 1.807) is 6.20 Å². The number of allylic oxidation sites excluding steroid dienone is 1. The zero-order valence-corrected chi connectivity index (χ0v) is 12.0. The fourth-order valence-electron chi connectivity index (χ4n) is 3.33. The molecular weight excluding hydrogens is 250 g/mol. The Labute approximate surface area is 119 Å². The predicted octanol–water partition coefficient (Wildman–Crippen LogP) is 2.96. The van der Waals surface area contributed by atoms with Gasteiger partial charge < -0.3 is 4.90 Å². The average molecular weight is 273 g/mol. The molecule has 1 aliphatic heterocycles. The Morgan fingerprint density at radius 2 is 1.90 bits per heavy atom. The van der Waals surface area contributed by atoms with Gasteiger partial charge >= 0.3 is 0 Å². The van der Waals surface area contributed by atoms with Crippen LogP contribution >= 0.6 is 0 Å². The number of H-pyrrole nitrogens is 1. The fourth-order valence-corrected chi connectivity index (χ4v) is 3.33. The van der Waals surface area contributed by atoms with Gasteiger partial charge in [0.2, 0.25) is 0 Å². The molecule has 1 aliphatic carbocycles. The van der Waals surface area contributed by atoms with Crippen molar-refractivity contribution in [2.75, 3.05) is 18.0 Å². The van der Waals surface area contributed by atoms with Crippen molar-refractivity contribution in [1.82, 2.24) is 10.2 Å². The third-order valence-electron chi connectivity index (χ3n) is 4.51. The minimum Gasteiger partial charge on any atom is -0.370 e. The molecule has 1 saturated heterocycles. The van der Waals surface area contributed by atoms with Crippen LogP contribution in [0.3, 0.4) is 0 Å². The fraction of sp³-hybridized carbons (Fsp3) is 0.625. The van der Waals surface area contributed by atoms with E-state index in [0.717, 1.165) is 24.3 Å². The van der Waals surface area contributed by atoms with E-state index >= 15 is 0 Å². The molecule has 0 amide bonds. The molecule has 0 radical (unpaired) electrons. The SMILES string of the molecule is O=c1[nH]ncc(N2CCCC2)c1C=CC1CCCCC1. The van der Waals surface area contributed by atoms with Crippen LogP contribution in [0.1, 0.15) is 50.5 Å². The molecule has 3 rings (SSSR count). The molecule has 1 N–H and O–H groups in total. The number of nitrogens with zero attached hydrogens (tertiary/aromatic N) is 2. The number of aromatic amines is 1. The first kappa shape index (κ1) is 13.4. The molecule has 0 bridgehead atoms. The van der Waals surface area contributed by atoms with Crippen molar-refractivity contribution < 1.29 is 0 Å². The van der Waals surface area contributed by atoms with Gasteiger partial charge in [-0.3, -0.25) is 4.79 Å². The van der Waals surface area contributed by atoms with E-state index < -0.39 is 0 Å². The number of nitrogens with one attached hydrogen (secondary N) is 1. The van der Waals surface area contributed by atoms with Crippen molar-refractivity contribution in [1.29, 1.82) is 0 Å². The average Bonchev–Trinajstić information content (AvgIpc) is 3.01. The van der Waals surface area contributed by atoms with Crippen molar-refractivity contribution in [3.8, 4) is 0 Å². The maximum atomic E-state index is 12.1. The van der Waals surface area contributed by atoms with E-state index in [4.69, 9.17) is 0 Å². The molecule has 1 aromatic heterocycles. The van der Waals surface area contributed by atoms with Crippen molar-refractivity contribution in [3.63, 3.8) is 0 Å². The smallest absolute Gasteiger partial charge is 0.273 e. The Bertz CT molecular complexity index is 523. The van der Waals surface area contributed by atoms with Gasteiger partial charge in [-0.05, 0) is 31.6 Å². The molecule has 4 heteroatoms. The molecule has 0 atom stereocenters. The minimum atomic E-state index is -0.0681. The number of aromatic nitrogens is 2. The highest BCUT2D eigenvalue weighted by Gasteiger charge is 2.17. The van der Waals surface area contributed by atoms with Gasteiger partial charge in [-0.2, -0.15) is 5.10 Å². The van der Waals surface area contributed by atoms with Gasteiger partial charge in [0.25, 0.3) is 5.56 Å². The summed E-state index contributed by atoms with van der Waals surface area (Å²) < 4.78 is 0. The summed E-state index contributed by atoms with van der Waals surface area (Å²) in [5, 5.41) is 6.54. The lowest BCUT2D eigenvalue weighted by molar-refractivity contribution is 0.420. The molecule has 1 saturated carbocycles. The van der Waals surface area contributed by atoms with E-state index in [2.05, 4.69) is 21.2 Å². The Morgan fingerprint density at radius 3 is 2.65 bits per heavy atom. The van der Waals surface area contributed by atoms with Crippen LogP contribution in [-0.2, 0) is 0 Å². The van der Waals surface area contributed by atoms with Crippen LogP contribution in [0.5, 0.6) is 0 Å². The summed E-state index contributed by atoms with van der Waals surface area (Å²) in [6.07, 6.45) is 15.0. The van der Waals surface area contributed by atoms with Gasteiger partial charge in [-0.25, -0.2) is 5.10 Å². The highest BCUT2D eigenvalue weighted by Crippen LogP contribution is 2.27. The van der Waals surface area contributed by atoms with Crippen molar-refractivity contribution in [2.45, 2.75) is 44.9 Å². The van der Waals surface area contributed by atoms with Crippen molar-refractivity contribution in [2.24, 2.45) is 5.92 Å². The highest BCUT2D eigenvalue weighted by atomic mass is 16.1. The first-order chi connectivity index (χ1) is 9.84. The summed E-state index contributed by atoms with van der Waals surface area (Å²) in [4.78, 5) is 14.4. The normalized spacial score (nSPS) is 20.9. The topological polar surface area (TPSA) is 49.0 Å². The lowest BCUT2D eigenvalue weighted by Gasteiger charge is -2.20. The summed E-state index contributed by atoms with van der Waals surface area (Å²) in [6.45, 7) is 2.07. The van der Waals surface area contributed by atoms with Gasteiger partial charge in [-0.1, -0.05) is 31.4 Å². The first-order valence-electron chi connectivity index (χ1n) is 7.85. The van der Waals surface area contributed by atoms with Crippen LogP contribution in [0, 0.1) is 5.92 Å². The maximum absolute atomic E-state index is 12.1. The lowest BCUT2D eigenvalue weighted by atomic mass is 9.89. The molecule has 0 aromatic carbocycles. The van der Waals surface area contributed by atoms with E-state index in [0.29, 0.717) is 5.92 Å². The molecule has 4 nitrogen and oxygen atoms in total. The molecule has 2 heterocycles. The summed E-state index contributed by atoms with van der Waals surface area (Å²) in [5.74, 6) is 0.641. The highest BCUT2D eigenvalue weighted by molar-refractivity contribution is 5.66. The molecule has 2 aliphatic rings. The predicted molar refractivity (Wildman–Crippen MR) is 81.9 cm³/mol. The zero-order chi connectivity index (χ0) is 13.8. The zero-order valence-electron chi connectivity index (χ0n) is 12.0. The van der Waals surface area contributed by atoms with Crippen molar-refractivity contribution >= 4 is 11.8 Å². The van der Waals surface area contributed by atoms with Crippen LogP contribution in [0.25, 0.3) is 6.08 Å². The molecule has 108 valence electrons. The summed E-state index contributed by atoms with van der Waals surface area (Å²) in [6, 6.07) is 0. The quantitative estimate of drug-likeness (QED) is 0.921. The van der Waals surface area contributed by atoms with Gasteiger partial charge in [0.15, 0.2) is 0 Å². The Balaban J connectivity index is 1.83. The standard InChI is InChI=1S/C16H23N3O/c20-16-14(9-8-13-6-2-1-3-7-13)15(12-17-18-16)19-10-4-5-11-19/h8-9,12-13H,1-7,10-11H2,(H,18,20). The third kappa shape index (κ3) is 2.94. The Morgan fingerprint density at radius 1 is 1.15 bits per heavy atom. The van der Waals surface area contributed by atoms with Gasteiger partial charge in [0, 0.05) is 13.1 Å². The second-order valence-corrected chi connectivity index (χ2v) is 5.95. The van der Waals surface area contributed by atoms with Crippen molar-refractivity contribution in [3.05, 3.63) is 28.2 Å². The van der Waals surface area contributed by atoms with Crippen LogP contribution in [0.4, 0.5) is 5.69 Å². The number of hydrogen-bond donors (Lipinski definition) is 1. The van der Waals surface area contributed by atoms with Crippen LogP contribution in [-0.4, -0.2) is 23.3 Å². The largest absolute Gasteiger partial charge is 0.370 e. The lowest BCUT2D eigenvalue weighted by Crippen LogP contribution is -2.23. The first-order valence-corrected chi connectivity index (χ1v) is 7.85. The summed E-state index contributed by atoms with van der Waals surface area (Å²) >= 11 is 0. The van der Waals surface area contributed by atoms with E-state index in [-0.39, 0.29) is 5.56 Å². The molecule has 0 spiro atoms. The van der Waals surface area contributed by atoms with Gasteiger partial charge in [0.05, 0.1) is 17.4 Å². The molecule has 1 aromatic rings. The van der Waals surface area contributed by atoms with Crippen LogP contribution in [0.15, 0.2) is 17.1 Å². The molecule has 2 fully saturated rings. The number of rotatable bonds is 3. The number of hydrogen-bond acceptors (Lipinski definition) is 3. The second-order valence-electron chi connectivity index (χ2n) is 5.95. The van der Waals surface area contributed by atoms with Gasteiger partial charge in [0.1, 0.15) is 0 Å². The maximum Gasteiger partial charge on any atom is 0.273 e. The van der Waals surface area contributed by atoms with E-state index in [9.17, 15) is 4.79 Å². The second kappa shape index (κ2) is 6.25. The van der Waals surface area contributed by atoms with Crippen LogP contribution in [0.2, 0.25) is 0 Å². The Hall–Kier alpha value is -1.58. The third-order valence-corrected chi connectivity index (χ3v) is 4.51. The molecular formula is C16H23N3O. The minimum absolute atomic E-state index is 0.0681. The molecule has 20 heavy (non-hydrogen) atoms. The number of anilines is 1. The summed E-state index contributed by atoms with van der Waals surface area (Å²) in [7, 11) is 0. The van der Waals surface area contributed by atoms with E-state index in [1.165, 1.54) is 44.9 Å². The summed E-state index contributed by atoms with van der Waals surface area (Å²) in [5.41, 5.74) is 1.72. The Kier molecular flexibility index (Phi) is 4.19. The molecule has 0 unspecified atom stereocenters. The van der Waals surface area contributed by atoms with E-state index in [1.807, 2.05) is 6.08 Å². The van der Waals surface area contributed by atoms with Crippen LogP contribution < -0.4 is 10.5 Å². The monoisotopic (exact) mass is 273 g/mol. The van der Waals surface area contributed by atoms with Gasteiger partial charge in [-0.15, -0.1) is 0 Å².